The molecule has 1 amide bonds. The molecule has 2 N–H and O–H groups in total. The highest BCUT2D eigenvalue weighted by Crippen LogP contribution is 2.28. The minimum atomic E-state index is -0.279. The van der Waals surface area contributed by atoms with Crippen molar-refractivity contribution >= 4 is 35.0 Å². The van der Waals surface area contributed by atoms with Gasteiger partial charge in [0.2, 0.25) is 0 Å². The van der Waals surface area contributed by atoms with Crippen molar-refractivity contribution in [3.8, 4) is 0 Å². The van der Waals surface area contributed by atoms with Crippen LogP contribution in [0, 0.1) is 0 Å². The van der Waals surface area contributed by atoms with E-state index in [9.17, 15) is 4.79 Å². The lowest BCUT2D eigenvalue weighted by atomic mass is 10.1. The molecule has 2 aromatic rings. The number of rotatable bonds is 4. The lowest BCUT2D eigenvalue weighted by Gasteiger charge is -2.22. The number of aromatic nitrogens is 3. The Labute approximate surface area is 144 Å². The summed E-state index contributed by atoms with van der Waals surface area (Å²) in [5, 5.41) is 14.8. The Morgan fingerprint density at radius 1 is 1.43 bits per heavy atom. The molecular weight excluding hydrogens is 334 g/mol. The topological polar surface area (TPSA) is 71.8 Å². The number of hydrogen-bond acceptors (Lipinski definition) is 5. The Kier molecular flexibility index (Phi) is 5.20. The summed E-state index contributed by atoms with van der Waals surface area (Å²) in [4.78, 5) is 13.3. The summed E-state index contributed by atoms with van der Waals surface area (Å²) >= 11 is 7.72. The van der Waals surface area contributed by atoms with Gasteiger partial charge in [0, 0.05) is 10.6 Å². The molecule has 1 fully saturated rings. The van der Waals surface area contributed by atoms with E-state index in [1.54, 1.807) is 28.7 Å². The minimum Gasteiger partial charge on any atom is -0.320 e. The van der Waals surface area contributed by atoms with Gasteiger partial charge < -0.3 is 10.6 Å². The van der Waals surface area contributed by atoms with Crippen LogP contribution >= 0.6 is 23.4 Å². The van der Waals surface area contributed by atoms with Crippen LogP contribution in [-0.2, 0) is 0 Å². The van der Waals surface area contributed by atoms with Crippen molar-refractivity contribution < 1.29 is 4.79 Å². The van der Waals surface area contributed by atoms with E-state index in [-0.39, 0.29) is 5.91 Å². The fourth-order valence-corrected chi connectivity index (χ4v) is 3.44. The predicted octanol–water partition coefficient (Wildman–Crippen LogP) is 2.83. The third-order valence-electron chi connectivity index (χ3n) is 3.84. The zero-order valence-electron chi connectivity index (χ0n) is 12.8. The van der Waals surface area contributed by atoms with E-state index >= 15 is 0 Å². The molecule has 2 heterocycles. The van der Waals surface area contributed by atoms with Crippen LogP contribution in [-0.4, -0.2) is 40.2 Å². The van der Waals surface area contributed by atoms with Crippen molar-refractivity contribution in [3.05, 3.63) is 35.1 Å². The van der Waals surface area contributed by atoms with E-state index < -0.39 is 0 Å². The maximum absolute atomic E-state index is 12.3. The summed E-state index contributed by atoms with van der Waals surface area (Å²) in [7, 11) is 0. The summed E-state index contributed by atoms with van der Waals surface area (Å²) in [6.07, 6.45) is 5.66. The molecule has 1 saturated heterocycles. The number of amides is 1. The average molecular weight is 352 g/mol. The number of piperidine rings is 1. The Morgan fingerprint density at radius 3 is 2.91 bits per heavy atom. The zero-order chi connectivity index (χ0) is 16.2. The standard InChI is InChI=1S/C15H18ClN5OS/c1-23-14-3-2-10(8-12(14)16)18-15(22)13-9-21(20-19-13)11-4-6-17-7-5-11/h2-3,8-9,11,17H,4-7H2,1H3,(H,18,22). The highest BCUT2D eigenvalue weighted by Gasteiger charge is 2.19. The second-order valence-electron chi connectivity index (χ2n) is 5.37. The van der Waals surface area contributed by atoms with Gasteiger partial charge in [0.25, 0.3) is 5.91 Å². The molecule has 8 heteroatoms. The molecular formula is C15H18ClN5OS. The van der Waals surface area contributed by atoms with Gasteiger partial charge in [-0.3, -0.25) is 4.79 Å². The number of nitrogens with zero attached hydrogens (tertiary/aromatic N) is 3. The van der Waals surface area contributed by atoms with E-state index in [0.29, 0.717) is 22.4 Å². The van der Waals surface area contributed by atoms with E-state index in [1.807, 2.05) is 18.4 Å². The SMILES string of the molecule is CSc1ccc(NC(=O)c2cn(C3CCNCC3)nn2)cc1Cl. The van der Waals surface area contributed by atoms with Crippen LogP contribution in [0.2, 0.25) is 5.02 Å². The molecule has 1 aliphatic rings. The van der Waals surface area contributed by atoms with Gasteiger partial charge in [-0.2, -0.15) is 0 Å². The third-order valence-corrected chi connectivity index (χ3v) is 5.06. The number of hydrogen-bond donors (Lipinski definition) is 2. The molecule has 3 rings (SSSR count). The van der Waals surface area contributed by atoms with E-state index in [4.69, 9.17) is 11.6 Å². The first kappa shape index (κ1) is 16.3. The summed E-state index contributed by atoms with van der Waals surface area (Å²) < 4.78 is 1.79. The summed E-state index contributed by atoms with van der Waals surface area (Å²) in [6.45, 7) is 1.93. The van der Waals surface area contributed by atoms with Gasteiger partial charge in [-0.15, -0.1) is 16.9 Å². The van der Waals surface area contributed by atoms with Gasteiger partial charge >= 0.3 is 0 Å². The maximum Gasteiger partial charge on any atom is 0.277 e. The van der Waals surface area contributed by atoms with Crippen LogP contribution in [0.1, 0.15) is 29.4 Å². The van der Waals surface area contributed by atoms with Gasteiger partial charge in [-0.1, -0.05) is 16.8 Å². The van der Waals surface area contributed by atoms with Gasteiger partial charge in [-0.25, -0.2) is 4.68 Å². The number of carbonyl (C=O) groups is 1. The molecule has 6 nitrogen and oxygen atoms in total. The number of halogens is 1. The van der Waals surface area contributed by atoms with Crippen LogP contribution in [0.15, 0.2) is 29.3 Å². The highest BCUT2D eigenvalue weighted by molar-refractivity contribution is 7.98. The lowest BCUT2D eigenvalue weighted by Crippen LogP contribution is -2.29. The van der Waals surface area contributed by atoms with Crippen LogP contribution < -0.4 is 10.6 Å². The first-order valence-electron chi connectivity index (χ1n) is 7.45. The largest absolute Gasteiger partial charge is 0.320 e. The quantitative estimate of drug-likeness (QED) is 0.829. The van der Waals surface area contributed by atoms with Crippen molar-refractivity contribution in [2.24, 2.45) is 0 Å². The smallest absolute Gasteiger partial charge is 0.277 e. The number of anilines is 1. The number of carbonyl (C=O) groups excluding carboxylic acids is 1. The van der Waals surface area contributed by atoms with E-state index in [2.05, 4.69) is 20.9 Å². The molecule has 122 valence electrons. The molecule has 0 radical (unpaired) electrons. The van der Waals surface area contributed by atoms with E-state index in [0.717, 1.165) is 30.8 Å². The Morgan fingerprint density at radius 2 is 2.22 bits per heavy atom. The van der Waals surface area contributed by atoms with Crippen molar-refractivity contribution in [1.29, 1.82) is 0 Å². The van der Waals surface area contributed by atoms with Crippen molar-refractivity contribution in [2.45, 2.75) is 23.8 Å². The highest BCUT2D eigenvalue weighted by atomic mass is 35.5. The zero-order valence-corrected chi connectivity index (χ0v) is 14.3. The maximum atomic E-state index is 12.3. The van der Waals surface area contributed by atoms with Gasteiger partial charge in [0.15, 0.2) is 5.69 Å². The summed E-state index contributed by atoms with van der Waals surface area (Å²) in [5.74, 6) is -0.279. The molecule has 0 atom stereocenters. The second-order valence-corrected chi connectivity index (χ2v) is 6.62. The summed E-state index contributed by atoms with van der Waals surface area (Å²) in [6, 6.07) is 5.75. The Hall–Kier alpha value is -1.57. The van der Waals surface area contributed by atoms with Gasteiger partial charge in [0.1, 0.15) is 0 Å². The predicted molar refractivity (Wildman–Crippen MR) is 92.3 cm³/mol. The van der Waals surface area contributed by atoms with E-state index in [1.165, 1.54) is 0 Å². The van der Waals surface area contributed by atoms with Gasteiger partial charge in [0.05, 0.1) is 17.3 Å². The first-order valence-corrected chi connectivity index (χ1v) is 9.05. The van der Waals surface area contributed by atoms with Crippen molar-refractivity contribution in [3.63, 3.8) is 0 Å². The number of benzene rings is 1. The molecule has 0 unspecified atom stereocenters. The molecule has 0 saturated carbocycles. The van der Waals surface area contributed by atoms with Gasteiger partial charge in [-0.05, 0) is 50.4 Å². The fourth-order valence-electron chi connectivity index (χ4n) is 2.57. The normalized spacial score (nSPS) is 15.6. The van der Waals surface area contributed by atoms with Crippen molar-refractivity contribution in [1.82, 2.24) is 20.3 Å². The second kappa shape index (κ2) is 7.33. The molecule has 0 aliphatic carbocycles. The number of nitrogens with one attached hydrogen (secondary N) is 2. The molecule has 1 aromatic carbocycles. The average Bonchev–Trinajstić information content (AvgIpc) is 3.06. The molecule has 0 spiro atoms. The monoisotopic (exact) mass is 351 g/mol. The summed E-state index contributed by atoms with van der Waals surface area (Å²) in [5.41, 5.74) is 0.961. The third kappa shape index (κ3) is 3.85. The Balaban J connectivity index is 1.68. The number of thioether (sulfide) groups is 1. The van der Waals surface area contributed by atoms with Crippen LogP contribution in [0.25, 0.3) is 0 Å². The van der Waals surface area contributed by atoms with Crippen LogP contribution in [0.3, 0.4) is 0 Å². The molecule has 1 aliphatic heterocycles. The van der Waals surface area contributed by atoms with Crippen LogP contribution in [0.4, 0.5) is 5.69 Å². The van der Waals surface area contributed by atoms with Crippen LogP contribution in [0.5, 0.6) is 0 Å². The Bertz CT molecular complexity index is 699. The lowest BCUT2D eigenvalue weighted by molar-refractivity contribution is 0.102. The minimum absolute atomic E-state index is 0.279. The molecule has 23 heavy (non-hydrogen) atoms. The molecule has 1 aromatic heterocycles. The fraction of sp³-hybridized carbons (Fsp3) is 0.400. The first-order chi connectivity index (χ1) is 11.2. The molecule has 0 bridgehead atoms. The van der Waals surface area contributed by atoms with Crippen molar-refractivity contribution in [2.75, 3.05) is 24.7 Å².